The molecule has 7 rings (SSSR count). The second kappa shape index (κ2) is 11.1. The molecule has 222 valence electrons. The molecule has 2 aliphatic rings. The molecule has 1 spiro atoms. The SMILES string of the molecule is CC(C)(C)c1ccc(C2=NN(c3ccccc3)C3(SC(c4ccc([N+](=O)[O-])cc4)=NN3c3ccccc3)c3ccccc32)cc1. The van der Waals surface area contributed by atoms with E-state index in [-0.39, 0.29) is 16.0 Å². The van der Waals surface area contributed by atoms with Gasteiger partial charge in [-0.25, -0.2) is 10.0 Å². The average molecular weight is 610 g/mol. The van der Waals surface area contributed by atoms with E-state index >= 15 is 0 Å². The molecule has 1 atom stereocenters. The van der Waals surface area contributed by atoms with Gasteiger partial charge in [-0.15, -0.1) is 0 Å². The summed E-state index contributed by atoms with van der Waals surface area (Å²) in [5.74, 6) is 0. The largest absolute Gasteiger partial charge is 0.269 e. The number of nitro groups is 1. The smallest absolute Gasteiger partial charge is 0.258 e. The van der Waals surface area contributed by atoms with Gasteiger partial charge in [-0.1, -0.05) is 106 Å². The minimum atomic E-state index is -0.939. The normalized spacial score (nSPS) is 17.6. The Labute approximate surface area is 266 Å². The minimum Gasteiger partial charge on any atom is -0.258 e. The molecule has 5 aromatic carbocycles. The van der Waals surface area contributed by atoms with E-state index in [2.05, 4.69) is 80.4 Å². The molecule has 0 bridgehead atoms. The van der Waals surface area contributed by atoms with Crippen LogP contribution in [0.5, 0.6) is 0 Å². The van der Waals surface area contributed by atoms with Crippen molar-refractivity contribution in [2.75, 3.05) is 10.0 Å². The Hall–Kier alpha value is -5.21. The number of nitro benzene ring substituents is 1. The van der Waals surface area contributed by atoms with Gasteiger partial charge in [0.1, 0.15) is 5.04 Å². The number of anilines is 2. The number of hydrazone groups is 2. The molecule has 0 aromatic heterocycles. The van der Waals surface area contributed by atoms with E-state index in [1.807, 2.05) is 59.6 Å². The third-order valence-electron chi connectivity index (χ3n) is 8.09. The van der Waals surface area contributed by atoms with Crippen LogP contribution in [0.25, 0.3) is 0 Å². The molecule has 0 radical (unpaired) electrons. The number of thioether (sulfide) groups is 1. The van der Waals surface area contributed by atoms with Crippen molar-refractivity contribution in [1.29, 1.82) is 0 Å². The van der Waals surface area contributed by atoms with Gasteiger partial charge in [-0.2, -0.15) is 10.2 Å². The maximum absolute atomic E-state index is 11.4. The summed E-state index contributed by atoms with van der Waals surface area (Å²) in [5.41, 5.74) is 7.88. The predicted molar refractivity (Wildman–Crippen MR) is 184 cm³/mol. The fraction of sp³-hybridized carbons (Fsp3) is 0.135. The molecule has 0 fully saturated rings. The Bertz CT molecular complexity index is 1940. The fourth-order valence-electron chi connectivity index (χ4n) is 5.76. The van der Waals surface area contributed by atoms with E-state index in [4.69, 9.17) is 10.2 Å². The average Bonchev–Trinajstić information content (AvgIpc) is 3.46. The van der Waals surface area contributed by atoms with Crippen molar-refractivity contribution in [3.63, 3.8) is 0 Å². The first-order valence-electron chi connectivity index (χ1n) is 14.8. The van der Waals surface area contributed by atoms with Gasteiger partial charge in [-0.05, 0) is 59.1 Å². The molecule has 7 nitrogen and oxygen atoms in total. The number of hydrogen-bond donors (Lipinski definition) is 0. The van der Waals surface area contributed by atoms with Crippen LogP contribution < -0.4 is 10.0 Å². The Balaban J connectivity index is 1.46. The Kier molecular flexibility index (Phi) is 7.01. The van der Waals surface area contributed by atoms with Crippen LogP contribution in [-0.2, 0) is 10.4 Å². The molecule has 0 amide bonds. The van der Waals surface area contributed by atoms with Crippen LogP contribution in [0.1, 0.15) is 48.6 Å². The molecule has 0 N–H and O–H groups in total. The molecular formula is C37H31N5O2S. The van der Waals surface area contributed by atoms with Crippen LogP contribution >= 0.6 is 11.8 Å². The minimum absolute atomic E-state index is 0.0349. The first-order chi connectivity index (χ1) is 21.8. The third-order valence-corrected chi connectivity index (χ3v) is 9.45. The number of para-hydroxylation sites is 2. The Morgan fingerprint density at radius 1 is 0.667 bits per heavy atom. The third kappa shape index (κ3) is 4.97. The zero-order chi connectivity index (χ0) is 31.2. The standard InChI is InChI=1S/C37H31N5O2S/c1-36(2,3)28-22-18-26(19-23-28)34-32-16-10-11-17-33(32)37(40(38-34)29-12-6-4-7-13-29)41(30-14-8-5-9-15-30)39-35(45-37)27-20-24-31(25-21-27)42(43)44/h4-25H,1-3H3. The topological polar surface area (TPSA) is 74.3 Å². The van der Waals surface area contributed by atoms with E-state index in [0.717, 1.165) is 44.4 Å². The maximum atomic E-state index is 11.4. The molecule has 1 unspecified atom stereocenters. The van der Waals surface area contributed by atoms with E-state index in [1.165, 1.54) is 17.7 Å². The van der Waals surface area contributed by atoms with Gasteiger partial charge in [0.15, 0.2) is 0 Å². The molecule has 0 aliphatic carbocycles. The zero-order valence-corrected chi connectivity index (χ0v) is 26.0. The molecule has 5 aromatic rings. The monoisotopic (exact) mass is 609 g/mol. The summed E-state index contributed by atoms with van der Waals surface area (Å²) in [7, 11) is 0. The lowest BCUT2D eigenvalue weighted by Gasteiger charge is -2.47. The summed E-state index contributed by atoms with van der Waals surface area (Å²) in [6, 6.07) is 43.9. The number of nitrogens with zero attached hydrogens (tertiary/aromatic N) is 5. The van der Waals surface area contributed by atoms with Gasteiger partial charge in [-0.3, -0.25) is 10.1 Å². The quantitative estimate of drug-likeness (QED) is 0.147. The second-order valence-electron chi connectivity index (χ2n) is 12.0. The highest BCUT2D eigenvalue weighted by Gasteiger charge is 2.55. The number of non-ortho nitro benzene ring substituents is 1. The van der Waals surface area contributed by atoms with E-state index in [0.29, 0.717) is 0 Å². The van der Waals surface area contributed by atoms with Crippen LogP contribution in [0.2, 0.25) is 0 Å². The first kappa shape index (κ1) is 28.6. The van der Waals surface area contributed by atoms with Crippen LogP contribution in [0.4, 0.5) is 17.1 Å². The van der Waals surface area contributed by atoms with Crippen molar-refractivity contribution >= 4 is 39.6 Å². The van der Waals surface area contributed by atoms with Crippen molar-refractivity contribution in [1.82, 2.24) is 0 Å². The van der Waals surface area contributed by atoms with Crippen molar-refractivity contribution in [3.05, 3.63) is 171 Å². The lowest BCUT2D eigenvalue weighted by Crippen LogP contribution is -2.54. The number of fused-ring (bicyclic) bond motifs is 2. The highest BCUT2D eigenvalue weighted by atomic mass is 32.2. The van der Waals surface area contributed by atoms with Gasteiger partial charge in [0.25, 0.3) is 5.69 Å². The van der Waals surface area contributed by atoms with E-state index < -0.39 is 4.99 Å². The molecular weight excluding hydrogens is 579 g/mol. The predicted octanol–water partition coefficient (Wildman–Crippen LogP) is 8.89. The van der Waals surface area contributed by atoms with Crippen LogP contribution in [0.15, 0.2) is 144 Å². The number of rotatable bonds is 5. The van der Waals surface area contributed by atoms with E-state index in [9.17, 15) is 10.1 Å². The summed E-state index contributed by atoms with van der Waals surface area (Å²) in [4.78, 5) is 10.1. The fourth-order valence-corrected chi connectivity index (χ4v) is 7.16. The van der Waals surface area contributed by atoms with Gasteiger partial charge in [0.05, 0.1) is 22.0 Å². The summed E-state index contributed by atoms with van der Waals surface area (Å²) in [5, 5.41) is 26.9. The van der Waals surface area contributed by atoms with Crippen LogP contribution in [-0.4, -0.2) is 15.7 Å². The maximum Gasteiger partial charge on any atom is 0.269 e. The van der Waals surface area contributed by atoms with Crippen LogP contribution in [0.3, 0.4) is 0 Å². The van der Waals surface area contributed by atoms with Crippen molar-refractivity contribution < 1.29 is 4.92 Å². The molecule has 0 saturated heterocycles. The van der Waals surface area contributed by atoms with Crippen LogP contribution in [0, 0.1) is 10.1 Å². The van der Waals surface area contributed by atoms with Gasteiger partial charge in [0, 0.05) is 34.4 Å². The van der Waals surface area contributed by atoms with E-state index in [1.54, 1.807) is 23.9 Å². The molecule has 2 heterocycles. The lowest BCUT2D eigenvalue weighted by molar-refractivity contribution is -0.384. The molecule has 0 saturated carbocycles. The van der Waals surface area contributed by atoms with Crippen molar-refractivity contribution in [2.45, 2.75) is 31.2 Å². The highest BCUT2D eigenvalue weighted by molar-refractivity contribution is 8.15. The summed E-state index contributed by atoms with van der Waals surface area (Å²) >= 11 is 1.58. The summed E-state index contributed by atoms with van der Waals surface area (Å²) in [6.07, 6.45) is 0. The molecule has 8 heteroatoms. The molecule has 45 heavy (non-hydrogen) atoms. The molecule has 2 aliphatic heterocycles. The number of hydrogen-bond acceptors (Lipinski definition) is 7. The Morgan fingerprint density at radius 2 is 1.20 bits per heavy atom. The van der Waals surface area contributed by atoms with Gasteiger partial charge >= 0.3 is 0 Å². The van der Waals surface area contributed by atoms with Gasteiger partial charge < -0.3 is 0 Å². The summed E-state index contributed by atoms with van der Waals surface area (Å²) < 4.78 is 0. The summed E-state index contributed by atoms with van der Waals surface area (Å²) in [6.45, 7) is 6.65. The second-order valence-corrected chi connectivity index (χ2v) is 13.2. The first-order valence-corrected chi connectivity index (χ1v) is 15.6. The van der Waals surface area contributed by atoms with Gasteiger partial charge in [0.2, 0.25) is 4.99 Å². The van der Waals surface area contributed by atoms with Crippen molar-refractivity contribution in [2.24, 2.45) is 10.2 Å². The number of benzene rings is 5. The highest BCUT2D eigenvalue weighted by Crippen LogP contribution is 2.55. The zero-order valence-electron chi connectivity index (χ0n) is 25.2. The lowest BCUT2D eigenvalue weighted by atomic mass is 9.85. The Morgan fingerprint density at radius 3 is 1.78 bits per heavy atom. The van der Waals surface area contributed by atoms with Crippen molar-refractivity contribution in [3.8, 4) is 0 Å².